The van der Waals surface area contributed by atoms with E-state index in [1.165, 1.54) is 180 Å². The Kier molecular flexibility index (Phi) is 47.2. The highest BCUT2D eigenvalue weighted by Crippen LogP contribution is 2.16. The Hall–Kier alpha value is -2.45. The molecule has 0 aromatic carbocycles. The Labute approximate surface area is 408 Å². The molecule has 0 aliphatic carbocycles. The maximum Gasteiger partial charge on any atom is 0.362 e. The Morgan fingerprint density at radius 2 is 0.803 bits per heavy atom. The van der Waals surface area contributed by atoms with Crippen molar-refractivity contribution >= 4 is 17.9 Å². The standard InChI is InChI=1S/C58H107NO7/c1-6-8-10-12-14-16-18-20-22-24-26-27-28-29-31-33-35-37-39-41-43-45-47-49-57(61)66-54(52-64-51-50-55(58(62)63)59(3,4)5)53-65-56(60)48-46-44-42-40-38-36-34-32-30-25-23-21-19-17-15-13-11-9-7-2/h25-27,29-31,54-55H,6-24,28,32-53H2,1-5H3/p+1/b27-26+,30-25+,31-29+. The molecule has 0 saturated carbocycles. The second kappa shape index (κ2) is 49.0. The molecule has 2 unspecified atom stereocenters. The summed E-state index contributed by atoms with van der Waals surface area (Å²) < 4.78 is 17.4. The summed E-state index contributed by atoms with van der Waals surface area (Å²) in [6.07, 6.45) is 59.1. The first-order valence-electron chi connectivity index (χ1n) is 28.0. The average Bonchev–Trinajstić information content (AvgIpc) is 3.28. The van der Waals surface area contributed by atoms with E-state index in [0.29, 0.717) is 19.3 Å². The fourth-order valence-corrected chi connectivity index (χ4v) is 8.41. The molecule has 386 valence electrons. The molecule has 0 heterocycles. The van der Waals surface area contributed by atoms with Crippen molar-refractivity contribution in [3.8, 4) is 0 Å². The van der Waals surface area contributed by atoms with Crippen LogP contribution in [0.2, 0.25) is 0 Å². The Bertz CT molecular complexity index is 1170. The van der Waals surface area contributed by atoms with Crippen molar-refractivity contribution in [3.63, 3.8) is 0 Å². The van der Waals surface area contributed by atoms with Gasteiger partial charge in [0.1, 0.15) is 6.61 Å². The van der Waals surface area contributed by atoms with Gasteiger partial charge in [-0.3, -0.25) is 9.59 Å². The van der Waals surface area contributed by atoms with Crippen LogP contribution in [-0.4, -0.2) is 80.6 Å². The van der Waals surface area contributed by atoms with E-state index in [2.05, 4.69) is 50.3 Å². The van der Waals surface area contributed by atoms with Crippen LogP contribution in [0.15, 0.2) is 36.5 Å². The summed E-state index contributed by atoms with van der Waals surface area (Å²) >= 11 is 0. The normalized spacial score (nSPS) is 13.0. The van der Waals surface area contributed by atoms with Crippen LogP contribution in [0, 0.1) is 0 Å². The largest absolute Gasteiger partial charge is 0.477 e. The molecular formula is C58H108NO7+. The lowest BCUT2D eigenvalue weighted by atomic mass is 10.1. The number of ether oxygens (including phenoxy) is 3. The monoisotopic (exact) mass is 931 g/mol. The number of aliphatic carboxylic acids is 1. The summed E-state index contributed by atoms with van der Waals surface area (Å²) in [5.74, 6) is -1.47. The summed E-state index contributed by atoms with van der Waals surface area (Å²) in [6.45, 7) is 4.76. The maximum absolute atomic E-state index is 12.8. The molecule has 0 aliphatic rings. The zero-order valence-electron chi connectivity index (χ0n) is 44.2. The van der Waals surface area contributed by atoms with Gasteiger partial charge in [-0.1, -0.05) is 211 Å². The molecule has 0 fully saturated rings. The van der Waals surface area contributed by atoms with Gasteiger partial charge < -0.3 is 23.8 Å². The predicted octanol–water partition coefficient (Wildman–Crippen LogP) is 16.5. The van der Waals surface area contributed by atoms with Crippen LogP contribution in [0.25, 0.3) is 0 Å². The molecule has 0 amide bonds. The van der Waals surface area contributed by atoms with E-state index in [0.717, 1.165) is 51.4 Å². The molecule has 0 bridgehead atoms. The molecule has 0 aliphatic heterocycles. The van der Waals surface area contributed by atoms with Crippen molar-refractivity contribution in [1.29, 1.82) is 0 Å². The zero-order valence-corrected chi connectivity index (χ0v) is 44.2. The van der Waals surface area contributed by atoms with Gasteiger partial charge in [0.25, 0.3) is 0 Å². The smallest absolute Gasteiger partial charge is 0.362 e. The molecule has 0 aromatic heterocycles. The molecule has 2 atom stereocenters. The Morgan fingerprint density at radius 1 is 0.455 bits per heavy atom. The van der Waals surface area contributed by atoms with Gasteiger partial charge in [-0.05, 0) is 70.6 Å². The highest BCUT2D eigenvalue weighted by Gasteiger charge is 2.31. The van der Waals surface area contributed by atoms with Gasteiger partial charge in [0, 0.05) is 19.3 Å². The summed E-state index contributed by atoms with van der Waals surface area (Å²) in [6, 6.07) is -0.617. The number of unbranched alkanes of at least 4 members (excludes halogenated alkanes) is 31. The molecule has 66 heavy (non-hydrogen) atoms. The van der Waals surface area contributed by atoms with Crippen molar-refractivity contribution in [3.05, 3.63) is 36.5 Å². The Balaban J connectivity index is 4.21. The van der Waals surface area contributed by atoms with Crippen molar-refractivity contribution in [2.45, 2.75) is 276 Å². The molecule has 0 aromatic rings. The van der Waals surface area contributed by atoms with Crippen LogP contribution in [0.3, 0.4) is 0 Å². The third-order valence-corrected chi connectivity index (χ3v) is 12.8. The number of carbonyl (C=O) groups is 3. The highest BCUT2D eigenvalue weighted by atomic mass is 16.6. The van der Waals surface area contributed by atoms with Crippen molar-refractivity contribution in [2.75, 3.05) is 41.0 Å². The first-order chi connectivity index (χ1) is 32.1. The second-order valence-corrected chi connectivity index (χ2v) is 20.2. The number of carbonyl (C=O) groups excluding carboxylic acids is 2. The van der Waals surface area contributed by atoms with Crippen molar-refractivity contribution in [2.24, 2.45) is 0 Å². The number of likely N-dealkylation sites (N-methyl/N-ethyl adjacent to an activating group) is 1. The second-order valence-electron chi connectivity index (χ2n) is 20.2. The zero-order chi connectivity index (χ0) is 48.4. The topological polar surface area (TPSA) is 99.1 Å². The molecular weight excluding hydrogens is 823 g/mol. The number of carboxylic acid groups (broad SMARTS) is 1. The highest BCUT2D eigenvalue weighted by molar-refractivity contribution is 5.72. The molecule has 1 N–H and O–H groups in total. The lowest BCUT2D eigenvalue weighted by Gasteiger charge is -2.31. The van der Waals surface area contributed by atoms with E-state index in [-0.39, 0.29) is 36.2 Å². The maximum atomic E-state index is 12.8. The molecule has 0 radical (unpaired) electrons. The quantitative estimate of drug-likeness (QED) is 0.0281. The van der Waals surface area contributed by atoms with Crippen molar-refractivity contribution in [1.82, 2.24) is 0 Å². The minimum Gasteiger partial charge on any atom is -0.477 e. The first kappa shape index (κ1) is 63.5. The summed E-state index contributed by atoms with van der Waals surface area (Å²) in [5, 5.41) is 9.67. The number of hydrogen-bond donors (Lipinski definition) is 1. The molecule has 0 spiro atoms. The minimum absolute atomic E-state index is 0.0544. The Morgan fingerprint density at radius 3 is 1.18 bits per heavy atom. The summed E-state index contributed by atoms with van der Waals surface area (Å²) in [5.41, 5.74) is 0. The number of esters is 2. The lowest BCUT2D eigenvalue weighted by molar-refractivity contribution is -0.887. The lowest BCUT2D eigenvalue weighted by Crippen LogP contribution is -2.50. The van der Waals surface area contributed by atoms with Crippen molar-refractivity contribution < 1.29 is 38.2 Å². The first-order valence-corrected chi connectivity index (χ1v) is 28.0. The fourth-order valence-electron chi connectivity index (χ4n) is 8.41. The van der Waals surface area contributed by atoms with E-state index in [1.807, 2.05) is 21.1 Å². The third-order valence-electron chi connectivity index (χ3n) is 12.8. The number of carboxylic acids is 1. The number of quaternary nitrogens is 1. The van der Waals surface area contributed by atoms with Gasteiger partial charge in [0.05, 0.1) is 34.4 Å². The SMILES string of the molecule is CCCCCCCCCC/C=C/CCCCCCCCCC(=O)OCC(COCCC(C(=O)O)[N+](C)(C)C)OC(=O)CCCCCCCCC/C=C/C/C=C/CCCCCCCCCCC. The van der Waals surface area contributed by atoms with Gasteiger partial charge >= 0.3 is 17.9 Å². The fraction of sp³-hybridized carbons (Fsp3) is 0.845. The van der Waals surface area contributed by atoms with Crippen LogP contribution >= 0.6 is 0 Å². The summed E-state index contributed by atoms with van der Waals surface area (Å²) in [7, 11) is 5.54. The van der Waals surface area contributed by atoms with Gasteiger partial charge in [-0.15, -0.1) is 0 Å². The number of hydrogen-bond acceptors (Lipinski definition) is 6. The van der Waals surface area contributed by atoms with Gasteiger partial charge in [0.2, 0.25) is 0 Å². The number of rotatable bonds is 51. The van der Waals surface area contributed by atoms with Gasteiger partial charge in [-0.25, -0.2) is 4.79 Å². The molecule has 0 saturated heterocycles. The van der Waals surface area contributed by atoms with Gasteiger partial charge in [0.15, 0.2) is 12.1 Å². The molecule has 0 rings (SSSR count). The molecule has 8 nitrogen and oxygen atoms in total. The van der Waals surface area contributed by atoms with Crippen LogP contribution in [0.1, 0.15) is 264 Å². The van der Waals surface area contributed by atoms with E-state index < -0.39 is 18.1 Å². The van der Waals surface area contributed by atoms with E-state index >= 15 is 0 Å². The van der Waals surface area contributed by atoms with Gasteiger partial charge in [-0.2, -0.15) is 0 Å². The average molecular weight is 932 g/mol. The van der Waals surface area contributed by atoms with Crippen LogP contribution in [0.5, 0.6) is 0 Å². The van der Waals surface area contributed by atoms with E-state index in [9.17, 15) is 19.5 Å². The van der Waals surface area contributed by atoms with E-state index in [1.54, 1.807) is 0 Å². The summed E-state index contributed by atoms with van der Waals surface area (Å²) in [4.78, 5) is 37.2. The number of allylic oxidation sites excluding steroid dienone is 6. The van der Waals surface area contributed by atoms with Crippen LogP contribution in [-0.2, 0) is 28.6 Å². The minimum atomic E-state index is -0.874. The molecule has 8 heteroatoms. The predicted molar refractivity (Wildman–Crippen MR) is 280 cm³/mol. The number of nitrogens with zero attached hydrogens (tertiary/aromatic N) is 1. The van der Waals surface area contributed by atoms with E-state index in [4.69, 9.17) is 14.2 Å². The third kappa shape index (κ3) is 46.7. The van der Waals surface area contributed by atoms with Crippen LogP contribution < -0.4 is 0 Å². The van der Waals surface area contributed by atoms with Crippen LogP contribution in [0.4, 0.5) is 0 Å².